The minimum Gasteiger partial charge on any atom is -0.298 e. The zero-order chi connectivity index (χ0) is 12.4. The summed E-state index contributed by atoms with van der Waals surface area (Å²) in [7, 11) is 0. The molecule has 1 heterocycles. The van der Waals surface area contributed by atoms with Gasteiger partial charge in [-0.3, -0.25) is 10.1 Å². The van der Waals surface area contributed by atoms with Gasteiger partial charge in [-0.25, -0.2) is 9.37 Å². The second-order valence-electron chi connectivity index (χ2n) is 3.08. The van der Waals surface area contributed by atoms with E-state index in [2.05, 4.69) is 42.2 Å². The summed E-state index contributed by atoms with van der Waals surface area (Å²) in [6.07, 6.45) is 1.59. The van der Waals surface area contributed by atoms with Gasteiger partial charge in [-0.2, -0.15) is 0 Å². The Morgan fingerprint density at radius 2 is 2.12 bits per heavy atom. The summed E-state index contributed by atoms with van der Waals surface area (Å²) in [5.41, 5.74) is 0.239. The van der Waals surface area contributed by atoms with Gasteiger partial charge in [0, 0.05) is 10.0 Å². The smallest absolute Gasteiger partial charge is 0.257 e. The van der Waals surface area contributed by atoms with Crippen LogP contribution in [0.4, 0.5) is 9.52 Å². The highest BCUT2D eigenvalue weighted by Gasteiger charge is 2.10. The van der Waals surface area contributed by atoms with Crippen molar-refractivity contribution in [2.45, 2.75) is 0 Å². The van der Waals surface area contributed by atoms with E-state index in [1.54, 1.807) is 12.3 Å². The van der Waals surface area contributed by atoms with E-state index in [1.807, 2.05) is 0 Å². The Hall–Kier alpha value is -0.790. The number of benzene rings is 1. The third kappa shape index (κ3) is 3.34. The second kappa shape index (κ2) is 5.24. The first-order valence-electron chi connectivity index (χ1n) is 4.43. The maximum Gasteiger partial charge on any atom is 0.257 e. The molecule has 0 bridgehead atoms. The van der Waals surface area contributed by atoms with Crippen LogP contribution < -0.4 is 5.32 Å². The van der Waals surface area contributed by atoms with Crippen LogP contribution in [0.2, 0.25) is 0 Å². The van der Waals surface area contributed by atoms with Crippen molar-refractivity contribution in [1.29, 1.82) is 0 Å². The minimum atomic E-state index is -0.468. The molecule has 0 aliphatic rings. The summed E-state index contributed by atoms with van der Waals surface area (Å²) in [6, 6.07) is 4.00. The van der Waals surface area contributed by atoms with Crippen LogP contribution in [-0.2, 0) is 0 Å². The monoisotopic (exact) mass is 378 g/mol. The Balaban J connectivity index is 2.19. The molecule has 1 amide bonds. The van der Waals surface area contributed by atoms with E-state index in [-0.39, 0.29) is 5.56 Å². The maximum atomic E-state index is 13.1. The predicted molar refractivity (Wildman–Crippen MR) is 71.9 cm³/mol. The van der Waals surface area contributed by atoms with Crippen LogP contribution in [-0.4, -0.2) is 10.9 Å². The van der Waals surface area contributed by atoms with Gasteiger partial charge in [0.25, 0.3) is 5.91 Å². The van der Waals surface area contributed by atoms with Crippen LogP contribution in [0.5, 0.6) is 0 Å². The van der Waals surface area contributed by atoms with Gasteiger partial charge in [0.1, 0.15) is 5.82 Å². The van der Waals surface area contributed by atoms with E-state index in [4.69, 9.17) is 0 Å². The Labute approximate surface area is 117 Å². The van der Waals surface area contributed by atoms with Gasteiger partial charge in [-0.05, 0) is 34.1 Å². The predicted octanol–water partition coefficient (Wildman–Crippen LogP) is 4.06. The summed E-state index contributed by atoms with van der Waals surface area (Å²) in [5, 5.41) is 3.04. The van der Waals surface area contributed by atoms with Crippen LogP contribution >= 0.6 is 43.2 Å². The number of nitrogens with zero attached hydrogens (tertiary/aromatic N) is 1. The second-order valence-corrected chi connectivity index (χ2v) is 6.41. The molecule has 0 spiro atoms. The molecular formula is C10H5Br2FN2OS. The third-order valence-electron chi connectivity index (χ3n) is 1.82. The highest BCUT2D eigenvalue weighted by atomic mass is 79.9. The topological polar surface area (TPSA) is 42.0 Å². The van der Waals surface area contributed by atoms with Gasteiger partial charge in [0.15, 0.2) is 5.13 Å². The molecular weight excluding hydrogens is 375 g/mol. The van der Waals surface area contributed by atoms with Gasteiger partial charge >= 0.3 is 0 Å². The normalized spacial score (nSPS) is 10.3. The number of aromatic nitrogens is 1. The molecule has 0 unspecified atom stereocenters. The highest BCUT2D eigenvalue weighted by molar-refractivity contribution is 9.11. The minimum absolute atomic E-state index is 0.239. The molecule has 1 aromatic heterocycles. The first-order valence-corrected chi connectivity index (χ1v) is 6.83. The van der Waals surface area contributed by atoms with Crippen molar-refractivity contribution in [3.8, 4) is 0 Å². The standard InChI is InChI=1S/C10H5Br2FN2OS/c11-6-1-5(2-7(13)3-6)9(16)15-10-14-4-8(12)17-10/h1-4H,(H,14,15,16). The molecule has 17 heavy (non-hydrogen) atoms. The lowest BCUT2D eigenvalue weighted by Crippen LogP contribution is -2.11. The molecule has 0 saturated heterocycles. The zero-order valence-corrected chi connectivity index (χ0v) is 12.2. The van der Waals surface area contributed by atoms with Crippen molar-refractivity contribution in [1.82, 2.24) is 4.98 Å². The molecule has 2 aromatic rings. The number of hydrogen-bond donors (Lipinski definition) is 1. The molecule has 0 radical (unpaired) electrons. The summed E-state index contributed by atoms with van der Waals surface area (Å²) in [5.74, 6) is -0.864. The van der Waals surface area contributed by atoms with Crippen molar-refractivity contribution in [2.24, 2.45) is 0 Å². The molecule has 0 aliphatic carbocycles. The van der Waals surface area contributed by atoms with Crippen LogP contribution in [0.15, 0.2) is 32.7 Å². The molecule has 2 rings (SSSR count). The lowest BCUT2D eigenvalue weighted by molar-refractivity contribution is 0.102. The number of carbonyl (C=O) groups is 1. The van der Waals surface area contributed by atoms with Crippen LogP contribution in [0.3, 0.4) is 0 Å². The van der Waals surface area contributed by atoms with Crippen molar-refractivity contribution in [3.63, 3.8) is 0 Å². The largest absolute Gasteiger partial charge is 0.298 e. The highest BCUT2D eigenvalue weighted by Crippen LogP contribution is 2.24. The molecule has 0 saturated carbocycles. The fraction of sp³-hybridized carbons (Fsp3) is 0. The number of nitrogens with one attached hydrogen (secondary N) is 1. The van der Waals surface area contributed by atoms with E-state index < -0.39 is 11.7 Å². The van der Waals surface area contributed by atoms with E-state index in [0.29, 0.717) is 9.60 Å². The molecule has 1 N–H and O–H groups in total. The third-order valence-corrected chi connectivity index (χ3v) is 3.67. The number of carbonyl (C=O) groups excluding carboxylic acids is 1. The van der Waals surface area contributed by atoms with Gasteiger partial charge in [-0.15, -0.1) is 0 Å². The van der Waals surface area contributed by atoms with Crippen molar-refractivity contribution in [3.05, 3.63) is 44.0 Å². The number of anilines is 1. The average Bonchev–Trinajstić information content (AvgIpc) is 2.62. The van der Waals surface area contributed by atoms with E-state index in [1.165, 1.54) is 23.5 Å². The summed E-state index contributed by atoms with van der Waals surface area (Å²) >= 11 is 7.66. The van der Waals surface area contributed by atoms with Crippen LogP contribution in [0, 0.1) is 5.82 Å². The van der Waals surface area contributed by atoms with Gasteiger partial charge in [0.05, 0.1) is 9.98 Å². The SMILES string of the molecule is O=C(Nc1ncc(Br)s1)c1cc(F)cc(Br)c1. The Bertz CT molecular complexity index is 553. The van der Waals surface area contributed by atoms with Crippen molar-refractivity contribution < 1.29 is 9.18 Å². The molecule has 0 atom stereocenters. The Morgan fingerprint density at radius 3 is 2.71 bits per heavy atom. The van der Waals surface area contributed by atoms with Crippen LogP contribution in [0.1, 0.15) is 10.4 Å². The fourth-order valence-electron chi connectivity index (χ4n) is 1.17. The van der Waals surface area contributed by atoms with Crippen LogP contribution in [0.25, 0.3) is 0 Å². The summed E-state index contributed by atoms with van der Waals surface area (Å²) < 4.78 is 14.4. The lowest BCUT2D eigenvalue weighted by atomic mass is 10.2. The quantitative estimate of drug-likeness (QED) is 0.854. The van der Waals surface area contributed by atoms with Gasteiger partial charge in [-0.1, -0.05) is 27.3 Å². The van der Waals surface area contributed by atoms with Crippen molar-refractivity contribution >= 4 is 54.2 Å². The first kappa shape index (κ1) is 12.7. The average molecular weight is 380 g/mol. The summed E-state index contributed by atoms with van der Waals surface area (Å²) in [6.45, 7) is 0. The number of halogens is 3. The van der Waals surface area contributed by atoms with E-state index in [0.717, 1.165) is 3.79 Å². The number of hydrogen-bond acceptors (Lipinski definition) is 3. The molecule has 7 heteroatoms. The fourth-order valence-corrected chi connectivity index (χ4v) is 2.73. The zero-order valence-electron chi connectivity index (χ0n) is 8.21. The Morgan fingerprint density at radius 1 is 1.35 bits per heavy atom. The van der Waals surface area contributed by atoms with E-state index in [9.17, 15) is 9.18 Å². The molecule has 0 fully saturated rings. The number of rotatable bonds is 2. The molecule has 0 aliphatic heterocycles. The first-order chi connectivity index (χ1) is 8.04. The number of thiazole rings is 1. The molecule has 1 aromatic carbocycles. The lowest BCUT2D eigenvalue weighted by Gasteiger charge is -2.02. The van der Waals surface area contributed by atoms with Crippen molar-refractivity contribution in [2.75, 3.05) is 5.32 Å². The van der Waals surface area contributed by atoms with E-state index >= 15 is 0 Å². The molecule has 88 valence electrons. The maximum absolute atomic E-state index is 13.1. The Kier molecular flexibility index (Phi) is 3.90. The van der Waals surface area contributed by atoms with Gasteiger partial charge in [0.2, 0.25) is 0 Å². The number of amides is 1. The van der Waals surface area contributed by atoms with Gasteiger partial charge < -0.3 is 0 Å². The summed E-state index contributed by atoms with van der Waals surface area (Å²) in [4.78, 5) is 15.7. The molecule has 3 nitrogen and oxygen atoms in total.